The molecule has 0 fully saturated rings. The van der Waals surface area contributed by atoms with Crippen LogP contribution in [0.2, 0.25) is 0 Å². The van der Waals surface area contributed by atoms with Crippen molar-refractivity contribution in [1.82, 2.24) is 20.3 Å². The fourth-order valence-electron chi connectivity index (χ4n) is 3.01. The molecule has 10 heteroatoms. The third kappa shape index (κ3) is 5.10. The van der Waals surface area contributed by atoms with Crippen LogP contribution in [-0.4, -0.2) is 50.6 Å². The number of fused-ring (bicyclic) bond motifs is 1. The Bertz CT molecular complexity index is 1030. The molecule has 1 aliphatic heterocycles. The zero-order chi connectivity index (χ0) is 20.9. The normalized spacial score (nSPS) is 16.0. The summed E-state index contributed by atoms with van der Waals surface area (Å²) in [4.78, 5) is 13.2. The molecule has 0 spiro atoms. The maximum absolute atomic E-state index is 9.48. The van der Waals surface area contributed by atoms with Gasteiger partial charge in [0.25, 0.3) is 0 Å². The van der Waals surface area contributed by atoms with Crippen LogP contribution in [-0.2, 0) is 6.42 Å². The molecule has 3 aromatic rings. The lowest BCUT2D eigenvalue weighted by molar-refractivity contribution is 0.0937. The second-order valence-corrected chi connectivity index (χ2v) is 7.85. The molecule has 2 atom stereocenters. The van der Waals surface area contributed by atoms with E-state index in [0.717, 1.165) is 22.0 Å². The molecule has 1 aliphatic rings. The maximum Gasteiger partial charge on any atom is 0.222 e. The van der Waals surface area contributed by atoms with E-state index in [2.05, 4.69) is 30.9 Å². The van der Waals surface area contributed by atoms with Crippen LogP contribution in [0.15, 0.2) is 42.5 Å². The number of aliphatic hydroxyl groups excluding tert-OH is 2. The highest BCUT2D eigenvalue weighted by Crippen LogP contribution is 2.33. The second kappa shape index (κ2) is 9.18. The average molecular weight is 426 g/mol. The van der Waals surface area contributed by atoms with Crippen molar-refractivity contribution in [3.8, 4) is 0 Å². The summed E-state index contributed by atoms with van der Waals surface area (Å²) >= 11 is 1.45. The van der Waals surface area contributed by atoms with Gasteiger partial charge < -0.3 is 26.6 Å². The fourth-order valence-corrected chi connectivity index (χ4v) is 3.91. The van der Waals surface area contributed by atoms with Gasteiger partial charge >= 0.3 is 0 Å². The first kappa shape index (κ1) is 20.2. The fraction of sp³-hybridized carbons (Fsp3) is 0.250. The van der Waals surface area contributed by atoms with Gasteiger partial charge in [-0.05, 0) is 17.7 Å². The van der Waals surface area contributed by atoms with Crippen molar-refractivity contribution >= 4 is 39.3 Å². The largest absolute Gasteiger partial charge is 0.394 e. The minimum absolute atomic E-state index is 0.154. The van der Waals surface area contributed by atoms with Gasteiger partial charge in [0.15, 0.2) is 5.13 Å². The van der Waals surface area contributed by atoms with Gasteiger partial charge in [-0.15, -0.1) is 0 Å². The third-order valence-electron chi connectivity index (χ3n) is 4.43. The molecule has 2 aromatic heterocycles. The number of nitrogen functional groups attached to an aromatic ring is 1. The van der Waals surface area contributed by atoms with Crippen LogP contribution in [0.4, 0.5) is 21.9 Å². The van der Waals surface area contributed by atoms with Gasteiger partial charge in [0.1, 0.15) is 10.8 Å². The van der Waals surface area contributed by atoms with Gasteiger partial charge in [0.05, 0.1) is 30.3 Å². The molecule has 0 aliphatic carbocycles. The van der Waals surface area contributed by atoms with Crippen molar-refractivity contribution in [2.24, 2.45) is 0 Å². The summed E-state index contributed by atoms with van der Waals surface area (Å²) in [5.74, 6) is 0.793. The van der Waals surface area contributed by atoms with Crippen molar-refractivity contribution in [2.45, 2.75) is 18.7 Å². The highest BCUT2D eigenvalue weighted by atomic mass is 32.1. The molecule has 0 amide bonds. The number of aromatic nitrogens is 3. The lowest BCUT2D eigenvalue weighted by Gasteiger charge is -2.21. The number of benzene rings is 1. The summed E-state index contributed by atoms with van der Waals surface area (Å²) in [5, 5.41) is 29.6. The number of aliphatic hydroxyl groups is 2. The van der Waals surface area contributed by atoms with Crippen molar-refractivity contribution in [2.75, 3.05) is 29.5 Å². The molecule has 156 valence electrons. The molecule has 0 saturated heterocycles. The van der Waals surface area contributed by atoms with Crippen LogP contribution in [0.1, 0.15) is 17.0 Å². The van der Waals surface area contributed by atoms with Gasteiger partial charge in [-0.3, -0.25) is 5.32 Å². The van der Waals surface area contributed by atoms with Crippen molar-refractivity contribution in [1.29, 1.82) is 0 Å². The quantitative estimate of drug-likeness (QED) is 0.317. The van der Waals surface area contributed by atoms with Gasteiger partial charge in [0.2, 0.25) is 5.95 Å². The molecular weight excluding hydrogens is 402 g/mol. The molecule has 4 rings (SSSR count). The van der Waals surface area contributed by atoms with Gasteiger partial charge in [0, 0.05) is 19.0 Å². The van der Waals surface area contributed by atoms with Crippen LogP contribution in [0.25, 0.3) is 6.08 Å². The molecule has 0 bridgehead atoms. The number of anilines is 4. The van der Waals surface area contributed by atoms with Gasteiger partial charge in [-0.25, -0.2) is 9.97 Å². The van der Waals surface area contributed by atoms with Crippen molar-refractivity contribution in [3.63, 3.8) is 0 Å². The number of nitrogens with zero attached hydrogens (tertiary/aromatic N) is 3. The molecule has 30 heavy (non-hydrogen) atoms. The monoisotopic (exact) mass is 425 g/mol. The number of nitrogens with two attached hydrogens (primary N) is 1. The summed E-state index contributed by atoms with van der Waals surface area (Å²) in [5.41, 5.74) is 8.68. The van der Waals surface area contributed by atoms with E-state index in [1.807, 2.05) is 48.6 Å². The predicted molar refractivity (Wildman–Crippen MR) is 119 cm³/mol. The van der Waals surface area contributed by atoms with E-state index < -0.39 is 6.10 Å². The van der Waals surface area contributed by atoms with Crippen LogP contribution >= 0.6 is 11.3 Å². The topological polar surface area (TPSA) is 141 Å². The van der Waals surface area contributed by atoms with E-state index in [-0.39, 0.29) is 25.3 Å². The Morgan fingerprint density at radius 3 is 2.83 bits per heavy atom. The Morgan fingerprint density at radius 1 is 1.20 bits per heavy atom. The first-order valence-electron chi connectivity index (χ1n) is 9.51. The number of rotatable bonds is 8. The lowest BCUT2D eigenvalue weighted by Crippen LogP contribution is -2.41. The van der Waals surface area contributed by atoms with E-state index >= 15 is 0 Å². The Balaban J connectivity index is 1.43. The minimum Gasteiger partial charge on any atom is -0.394 e. The summed E-state index contributed by atoms with van der Waals surface area (Å²) in [7, 11) is 0. The standard InChI is InChI=1S/C20H23N7O2S/c21-19-23-13(8-12-4-2-1-3-5-12)9-17(26-19)27-20-24-15-6-7-16(25-18(15)30-20)22-10-14(29)11-28/h1-7,9,14,16,22,25,28-29H,8,10-11H2,(H3,21,23,24,26,27). The van der Waals surface area contributed by atoms with E-state index in [0.29, 0.717) is 17.4 Å². The van der Waals surface area contributed by atoms with E-state index in [4.69, 9.17) is 10.8 Å². The predicted octanol–water partition coefficient (Wildman–Crippen LogP) is 1.56. The van der Waals surface area contributed by atoms with Crippen LogP contribution < -0.4 is 21.7 Å². The third-order valence-corrected chi connectivity index (χ3v) is 5.35. The molecule has 9 nitrogen and oxygen atoms in total. The second-order valence-electron chi connectivity index (χ2n) is 6.85. The molecule has 7 N–H and O–H groups in total. The molecule has 2 unspecified atom stereocenters. The van der Waals surface area contributed by atoms with Crippen LogP contribution in [0.5, 0.6) is 0 Å². The van der Waals surface area contributed by atoms with Crippen LogP contribution in [0, 0.1) is 0 Å². The van der Waals surface area contributed by atoms with Gasteiger partial charge in [-0.1, -0.05) is 41.7 Å². The molecule has 1 aromatic carbocycles. The summed E-state index contributed by atoms with van der Waals surface area (Å²) in [6.07, 6.45) is 3.53. The van der Waals surface area contributed by atoms with E-state index in [9.17, 15) is 5.11 Å². The summed E-state index contributed by atoms with van der Waals surface area (Å²) in [6, 6.07) is 11.9. The Kier molecular flexibility index (Phi) is 6.19. The zero-order valence-electron chi connectivity index (χ0n) is 16.1. The SMILES string of the molecule is Nc1nc(Cc2ccccc2)cc(Nc2nc3c(s2)NC(NCC(O)CO)C=C3)n1. The Labute approximate surface area is 177 Å². The molecule has 0 radical (unpaired) electrons. The number of thiazole rings is 1. The van der Waals surface area contributed by atoms with Crippen molar-refractivity contribution in [3.05, 3.63) is 59.4 Å². The smallest absolute Gasteiger partial charge is 0.222 e. The first-order chi connectivity index (χ1) is 14.6. The Morgan fingerprint density at radius 2 is 2.03 bits per heavy atom. The summed E-state index contributed by atoms with van der Waals surface area (Å²) in [6.45, 7) is -0.000210. The molecular formula is C20H23N7O2S. The molecule has 0 saturated carbocycles. The van der Waals surface area contributed by atoms with Gasteiger partial charge in [-0.2, -0.15) is 4.98 Å². The number of hydrogen-bond acceptors (Lipinski definition) is 10. The first-order valence-corrected chi connectivity index (χ1v) is 10.3. The Hall–Kier alpha value is -3.05. The van der Waals surface area contributed by atoms with E-state index in [1.54, 1.807) is 0 Å². The van der Waals surface area contributed by atoms with Crippen LogP contribution in [0.3, 0.4) is 0 Å². The number of nitrogens with one attached hydrogen (secondary N) is 3. The highest BCUT2D eigenvalue weighted by Gasteiger charge is 2.18. The summed E-state index contributed by atoms with van der Waals surface area (Å²) < 4.78 is 0. The maximum atomic E-state index is 9.48. The number of hydrogen-bond donors (Lipinski definition) is 6. The minimum atomic E-state index is -0.798. The zero-order valence-corrected chi connectivity index (χ0v) is 16.9. The van der Waals surface area contributed by atoms with E-state index in [1.165, 1.54) is 11.3 Å². The molecule has 3 heterocycles. The average Bonchev–Trinajstić information content (AvgIpc) is 3.13. The lowest BCUT2D eigenvalue weighted by atomic mass is 10.1. The highest BCUT2D eigenvalue weighted by molar-refractivity contribution is 7.19. The van der Waals surface area contributed by atoms with Crippen molar-refractivity contribution < 1.29 is 10.2 Å².